The Kier molecular flexibility index (Phi) is 12.8. The molecule has 0 amide bonds. The van der Waals surface area contributed by atoms with Gasteiger partial charge in [-0.3, -0.25) is 9.59 Å². The Balaban J connectivity index is 3.66. The van der Waals surface area contributed by atoms with Crippen LogP contribution in [0.1, 0.15) is 77.6 Å². The van der Waals surface area contributed by atoms with Gasteiger partial charge in [0.1, 0.15) is 0 Å². The monoisotopic (exact) mass is 298 g/mol. The van der Waals surface area contributed by atoms with Crippen LogP contribution in [-0.4, -0.2) is 22.2 Å². The number of rotatable bonds is 14. The Labute approximate surface area is 128 Å². The van der Waals surface area contributed by atoms with Crippen LogP contribution >= 0.6 is 0 Å². The zero-order valence-corrected chi connectivity index (χ0v) is 13.2. The molecule has 0 aromatic rings. The number of unbranched alkanes of at least 4 members (excludes halogenated alkanes) is 8. The Hall–Kier alpha value is -1.32. The molecular weight excluding hydrogens is 268 g/mol. The van der Waals surface area contributed by atoms with Crippen molar-refractivity contribution in [2.24, 2.45) is 5.92 Å². The van der Waals surface area contributed by atoms with Gasteiger partial charge >= 0.3 is 11.9 Å². The molecule has 21 heavy (non-hydrogen) atoms. The van der Waals surface area contributed by atoms with Crippen LogP contribution in [-0.2, 0) is 9.59 Å². The number of hydrogen-bond donors (Lipinski definition) is 2. The second-order valence-electron chi connectivity index (χ2n) is 5.65. The molecule has 0 radical (unpaired) electrons. The zero-order valence-electron chi connectivity index (χ0n) is 13.2. The Morgan fingerprint density at radius 3 is 1.81 bits per heavy atom. The first-order valence-corrected chi connectivity index (χ1v) is 8.16. The number of aliphatic carboxylic acids is 2. The molecule has 0 fully saturated rings. The molecule has 0 aliphatic rings. The van der Waals surface area contributed by atoms with Crippen molar-refractivity contribution >= 4 is 11.9 Å². The molecule has 0 atom stereocenters. The maximum atomic E-state index is 10.6. The van der Waals surface area contributed by atoms with Crippen LogP contribution in [0.3, 0.4) is 0 Å². The van der Waals surface area contributed by atoms with Crippen molar-refractivity contribution < 1.29 is 19.8 Å². The molecule has 4 nitrogen and oxygen atoms in total. The van der Waals surface area contributed by atoms with E-state index in [1.54, 1.807) is 6.08 Å². The van der Waals surface area contributed by atoms with Crippen LogP contribution in [0.4, 0.5) is 0 Å². The third-order valence-corrected chi connectivity index (χ3v) is 3.51. The lowest BCUT2D eigenvalue weighted by atomic mass is 10.00. The minimum absolute atomic E-state index is 0.111. The molecule has 0 aliphatic carbocycles. The third kappa shape index (κ3) is 14.9. The SMILES string of the molecule is CCCCCCCCCCC=CC(CC(=O)O)CC(=O)O. The van der Waals surface area contributed by atoms with Crippen molar-refractivity contribution in [2.45, 2.75) is 77.6 Å². The fraction of sp³-hybridized carbons (Fsp3) is 0.765. The lowest BCUT2D eigenvalue weighted by Gasteiger charge is -2.06. The van der Waals surface area contributed by atoms with Gasteiger partial charge in [0, 0.05) is 0 Å². The predicted octanol–water partition coefficient (Wildman–Crippen LogP) is 4.64. The van der Waals surface area contributed by atoms with Crippen molar-refractivity contribution in [3.8, 4) is 0 Å². The molecule has 0 spiro atoms. The van der Waals surface area contributed by atoms with E-state index in [0.29, 0.717) is 0 Å². The summed E-state index contributed by atoms with van der Waals surface area (Å²) >= 11 is 0. The first-order chi connectivity index (χ1) is 10.1. The molecule has 0 bridgehead atoms. The van der Waals surface area contributed by atoms with Gasteiger partial charge in [-0.2, -0.15) is 0 Å². The number of hydrogen-bond acceptors (Lipinski definition) is 2. The van der Waals surface area contributed by atoms with Gasteiger partial charge in [-0.25, -0.2) is 0 Å². The summed E-state index contributed by atoms with van der Waals surface area (Å²) in [5.41, 5.74) is 0. The molecule has 0 aliphatic heterocycles. The van der Waals surface area contributed by atoms with Crippen LogP contribution in [0.15, 0.2) is 12.2 Å². The quantitative estimate of drug-likeness (QED) is 0.362. The van der Waals surface area contributed by atoms with E-state index in [1.165, 1.54) is 44.9 Å². The molecular formula is C17H30O4. The summed E-state index contributed by atoms with van der Waals surface area (Å²) in [7, 11) is 0. The Bertz CT molecular complexity index is 294. The minimum atomic E-state index is -0.946. The van der Waals surface area contributed by atoms with E-state index >= 15 is 0 Å². The number of carbonyl (C=O) groups is 2. The van der Waals surface area contributed by atoms with Gasteiger partial charge in [-0.1, -0.05) is 64.0 Å². The van der Waals surface area contributed by atoms with Crippen LogP contribution in [0, 0.1) is 5.92 Å². The highest BCUT2D eigenvalue weighted by Gasteiger charge is 2.13. The zero-order chi connectivity index (χ0) is 15.9. The topological polar surface area (TPSA) is 74.6 Å². The second kappa shape index (κ2) is 13.7. The highest BCUT2D eigenvalue weighted by Crippen LogP contribution is 2.13. The molecule has 0 saturated carbocycles. The van der Waals surface area contributed by atoms with Gasteiger partial charge in [0.15, 0.2) is 0 Å². The summed E-state index contributed by atoms with van der Waals surface area (Å²) in [5, 5.41) is 17.5. The number of carboxylic acids is 2. The second-order valence-corrected chi connectivity index (χ2v) is 5.65. The smallest absolute Gasteiger partial charge is 0.303 e. The standard InChI is InChI=1S/C17H30O4/c1-2-3-4-5-6-7-8-9-10-11-12-15(13-16(18)19)14-17(20)21/h11-12,15H,2-10,13-14H2,1H3,(H,18,19)(H,20,21). The maximum Gasteiger partial charge on any atom is 0.303 e. The van der Waals surface area contributed by atoms with Gasteiger partial charge in [-0.05, 0) is 18.8 Å². The molecule has 0 aromatic heterocycles. The number of allylic oxidation sites excluding steroid dienone is 2. The summed E-state index contributed by atoms with van der Waals surface area (Å²) in [5.74, 6) is -2.29. The summed E-state index contributed by atoms with van der Waals surface area (Å²) in [6.45, 7) is 2.22. The maximum absolute atomic E-state index is 10.6. The molecule has 2 N–H and O–H groups in total. The average molecular weight is 298 g/mol. The van der Waals surface area contributed by atoms with Crippen LogP contribution in [0.25, 0.3) is 0 Å². The van der Waals surface area contributed by atoms with Crippen molar-refractivity contribution in [3.05, 3.63) is 12.2 Å². The lowest BCUT2D eigenvalue weighted by Crippen LogP contribution is -2.10. The Morgan fingerprint density at radius 1 is 0.857 bits per heavy atom. The first-order valence-electron chi connectivity index (χ1n) is 8.16. The van der Waals surface area contributed by atoms with Gasteiger partial charge < -0.3 is 10.2 Å². The third-order valence-electron chi connectivity index (χ3n) is 3.51. The fourth-order valence-corrected chi connectivity index (χ4v) is 2.34. The minimum Gasteiger partial charge on any atom is -0.481 e. The van der Waals surface area contributed by atoms with Gasteiger partial charge in [0.2, 0.25) is 0 Å². The van der Waals surface area contributed by atoms with Crippen LogP contribution in [0.2, 0.25) is 0 Å². The summed E-state index contributed by atoms with van der Waals surface area (Å²) in [4.78, 5) is 21.3. The molecule has 0 saturated heterocycles. The highest BCUT2D eigenvalue weighted by molar-refractivity contribution is 5.71. The van der Waals surface area contributed by atoms with Crippen molar-refractivity contribution in [1.82, 2.24) is 0 Å². The average Bonchev–Trinajstić information content (AvgIpc) is 2.39. The lowest BCUT2D eigenvalue weighted by molar-refractivity contribution is -0.139. The van der Waals surface area contributed by atoms with Crippen LogP contribution in [0.5, 0.6) is 0 Å². The molecule has 0 rings (SSSR count). The molecule has 0 heterocycles. The molecule has 4 heteroatoms. The van der Waals surface area contributed by atoms with Gasteiger partial charge in [0.25, 0.3) is 0 Å². The fourth-order valence-electron chi connectivity index (χ4n) is 2.34. The first kappa shape index (κ1) is 19.7. The predicted molar refractivity (Wildman–Crippen MR) is 84.4 cm³/mol. The van der Waals surface area contributed by atoms with Crippen LogP contribution < -0.4 is 0 Å². The summed E-state index contributed by atoms with van der Waals surface area (Å²) in [6, 6.07) is 0. The van der Waals surface area contributed by atoms with E-state index in [2.05, 4.69) is 6.92 Å². The van der Waals surface area contributed by atoms with E-state index in [0.717, 1.165) is 12.8 Å². The normalized spacial score (nSPS) is 11.3. The van der Waals surface area contributed by atoms with E-state index in [1.807, 2.05) is 6.08 Å². The van der Waals surface area contributed by atoms with Crippen molar-refractivity contribution in [1.29, 1.82) is 0 Å². The van der Waals surface area contributed by atoms with Crippen molar-refractivity contribution in [2.75, 3.05) is 0 Å². The summed E-state index contributed by atoms with van der Waals surface area (Å²) in [6.07, 6.45) is 14.5. The molecule has 122 valence electrons. The van der Waals surface area contributed by atoms with Gasteiger partial charge in [-0.15, -0.1) is 0 Å². The molecule has 0 aromatic carbocycles. The van der Waals surface area contributed by atoms with E-state index in [4.69, 9.17) is 10.2 Å². The van der Waals surface area contributed by atoms with E-state index < -0.39 is 17.9 Å². The number of carboxylic acid groups (broad SMARTS) is 2. The molecule has 0 unspecified atom stereocenters. The summed E-state index contributed by atoms with van der Waals surface area (Å²) < 4.78 is 0. The van der Waals surface area contributed by atoms with Gasteiger partial charge in [0.05, 0.1) is 12.8 Å². The van der Waals surface area contributed by atoms with E-state index in [9.17, 15) is 9.59 Å². The van der Waals surface area contributed by atoms with Crippen molar-refractivity contribution in [3.63, 3.8) is 0 Å². The Morgan fingerprint density at radius 2 is 1.33 bits per heavy atom. The van der Waals surface area contributed by atoms with E-state index in [-0.39, 0.29) is 12.8 Å². The largest absolute Gasteiger partial charge is 0.481 e. The highest BCUT2D eigenvalue weighted by atomic mass is 16.4.